The predicted octanol–water partition coefficient (Wildman–Crippen LogP) is 4.41. The van der Waals surface area contributed by atoms with E-state index in [1.54, 1.807) is 11.3 Å². The standard InChI is InChI=1S/C27H36N4O2S/c1-20-25(31-14-17-34-27(31)28-20)19-30-12-8-22(9-13-30)24(18-21-6-4-3-5-7-21)29(2)26(32)23-10-15-33-16-11-23/h3-7,14,17,22-24H,8-13,15-16,18-19H2,1-2H3. The zero-order chi connectivity index (χ0) is 23.5. The molecule has 1 aromatic carbocycles. The quantitative estimate of drug-likeness (QED) is 0.503. The molecule has 2 aliphatic rings. The number of hydrogen-bond donors (Lipinski definition) is 0. The maximum absolute atomic E-state index is 13.4. The number of carbonyl (C=O) groups is 1. The first-order valence-corrected chi connectivity index (χ1v) is 13.5. The highest BCUT2D eigenvalue weighted by molar-refractivity contribution is 7.15. The van der Waals surface area contributed by atoms with Crippen molar-refractivity contribution in [1.82, 2.24) is 19.2 Å². The molecule has 2 saturated heterocycles. The minimum Gasteiger partial charge on any atom is -0.381 e. The van der Waals surface area contributed by atoms with Crippen molar-refractivity contribution in [2.75, 3.05) is 33.4 Å². The third kappa shape index (κ3) is 5.07. The molecule has 1 amide bonds. The number of rotatable bonds is 7. The van der Waals surface area contributed by atoms with Gasteiger partial charge in [0.15, 0.2) is 4.96 Å². The van der Waals surface area contributed by atoms with E-state index in [0.717, 1.165) is 62.4 Å². The predicted molar refractivity (Wildman–Crippen MR) is 136 cm³/mol. The molecule has 4 heterocycles. The fourth-order valence-electron chi connectivity index (χ4n) is 5.71. The van der Waals surface area contributed by atoms with Gasteiger partial charge >= 0.3 is 0 Å². The van der Waals surface area contributed by atoms with Crippen LogP contribution in [0, 0.1) is 18.8 Å². The Bertz CT molecular complexity index is 1080. The SMILES string of the molecule is Cc1nc2sccn2c1CN1CCC(C(Cc2ccccc2)N(C)C(=O)C2CCOCC2)CC1. The maximum atomic E-state index is 13.4. The fourth-order valence-corrected chi connectivity index (χ4v) is 6.49. The van der Waals surface area contributed by atoms with Crippen LogP contribution in [0.3, 0.4) is 0 Å². The maximum Gasteiger partial charge on any atom is 0.225 e. The number of carbonyl (C=O) groups excluding carboxylic acids is 1. The molecule has 2 aliphatic heterocycles. The van der Waals surface area contributed by atoms with E-state index in [1.165, 1.54) is 11.3 Å². The molecule has 0 bridgehead atoms. The normalized spacial score (nSPS) is 19.5. The number of likely N-dealkylation sites (N-methyl/N-ethyl adjacent to an activating group) is 1. The minimum absolute atomic E-state index is 0.106. The number of benzene rings is 1. The molecule has 1 atom stereocenters. The van der Waals surface area contributed by atoms with Crippen LogP contribution in [-0.2, 0) is 22.5 Å². The van der Waals surface area contributed by atoms with Gasteiger partial charge in [0.25, 0.3) is 0 Å². The first-order chi connectivity index (χ1) is 16.6. The van der Waals surface area contributed by atoms with Gasteiger partial charge < -0.3 is 9.64 Å². The number of nitrogens with zero attached hydrogens (tertiary/aromatic N) is 4. The van der Waals surface area contributed by atoms with E-state index < -0.39 is 0 Å². The van der Waals surface area contributed by atoms with Gasteiger partial charge in [-0.25, -0.2) is 4.98 Å². The Labute approximate surface area is 206 Å². The number of ether oxygens (including phenoxy) is 1. The van der Waals surface area contributed by atoms with E-state index in [-0.39, 0.29) is 12.0 Å². The third-order valence-corrected chi connectivity index (χ3v) is 8.57. The van der Waals surface area contributed by atoms with E-state index in [2.05, 4.69) is 63.0 Å². The average Bonchev–Trinajstić information content (AvgIpc) is 3.45. The highest BCUT2D eigenvalue weighted by atomic mass is 32.1. The number of likely N-dealkylation sites (tertiary alicyclic amines) is 1. The fraction of sp³-hybridized carbons (Fsp3) is 0.556. The van der Waals surface area contributed by atoms with Crippen LogP contribution in [0.15, 0.2) is 41.9 Å². The number of thiazole rings is 1. The molecular formula is C27H36N4O2S. The summed E-state index contributed by atoms with van der Waals surface area (Å²) in [6, 6.07) is 10.9. The molecule has 2 aromatic heterocycles. The molecule has 0 saturated carbocycles. The summed E-state index contributed by atoms with van der Waals surface area (Å²) in [6.45, 7) is 6.60. The Balaban J connectivity index is 1.27. The molecule has 0 N–H and O–H groups in total. The molecule has 182 valence electrons. The van der Waals surface area contributed by atoms with Gasteiger partial charge in [0.05, 0.1) is 11.4 Å². The van der Waals surface area contributed by atoms with Crippen LogP contribution >= 0.6 is 11.3 Å². The second kappa shape index (κ2) is 10.6. The second-order valence-electron chi connectivity index (χ2n) is 9.91. The third-order valence-electron chi connectivity index (χ3n) is 7.81. The van der Waals surface area contributed by atoms with Gasteiger partial charge in [-0.3, -0.25) is 14.1 Å². The summed E-state index contributed by atoms with van der Waals surface area (Å²) in [5.74, 6) is 0.925. The van der Waals surface area contributed by atoms with Crippen molar-refractivity contribution in [1.29, 1.82) is 0 Å². The van der Waals surface area contributed by atoms with Crippen LogP contribution in [0.25, 0.3) is 4.96 Å². The summed E-state index contributed by atoms with van der Waals surface area (Å²) >= 11 is 1.70. The van der Waals surface area contributed by atoms with Gasteiger partial charge in [-0.05, 0) is 63.6 Å². The van der Waals surface area contributed by atoms with E-state index in [4.69, 9.17) is 9.72 Å². The van der Waals surface area contributed by atoms with Crippen molar-refractivity contribution >= 4 is 22.2 Å². The largest absolute Gasteiger partial charge is 0.381 e. The molecule has 0 radical (unpaired) electrons. The van der Waals surface area contributed by atoms with Crippen LogP contribution in [0.2, 0.25) is 0 Å². The van der Waals surface area contributed by atoms with Gasteiger partial charge in [-0.2, -0.15) is 0 Å². The Morgan fingerprint density at radius 3 is 2.65 bits per heavy atom. The van der Waals surface area contributed by atoms with Crippen molar-refractivity contribution < 1.29 is 9.53 Å². The Hall–Kier alpha value is -2.22. The van der Waals surface area contributed by atoms with Crippen LogP contribution in [0.5, 0.6) is 0 Å². The highest BCUT2D eigenvalue weighted by Crippen LogP contribution is 2.30. The number of piperidine rings is 1. The topological polar surface area (TPSA) is 50.1 Å². The van der Waals surface area contributed by atoms with E-state index >= 15 is 0 Å². The summed E-state index contributed by atoms with van der Waals surface area (Å²) < 4.78 is 7.75. The summed E-state index contributed by atoms with van der Waals surface area (Å²) in [5, 5.41) is 2.11. The summed E-state index contributed by atoms with van der Waals surface area (Å²) in [5.41, 5.74) is 3.76. The summed E-state index contributed by atoms with van der Waals surface area (Å²) in [4.78, 5) is 23.9. The van der Waals surface area contributed by atoms with Gasteiger partial charge in [-0.15, -0.1) is 11.3 Å². The number of aromatic nitrogens is 2. The monoisotopic (exact) mass is 480 g/mol. The van der Waals surface area contributed by atoms with Crippen LogP contribution in [0.1, 0.15) is 42.6 Å². The average molecular weight is 481 g/mol. The molecule has 0 aliphatic carbocycles. The molecule has 0 spiro atoms. The Kier molecular flexibility index (Phi) is 7.32. The Morgan fingerprint density at radius 2 is 1.91 bits per heavy atom. The van der Waals surface area contributed by atoms with E-state index in [1.807, 2.05) is 7.05 Å². The van der Waals surface area contributed by atoms with Gasteiger partial charge in [-0.1, -0.05) is 30.3 Å². The van der Waals surface area contributed by atoms with Crippen LogP contribution < -0.4 is 0 Å². The smallest absolute Gasteiger partial charge is 0.225 e. The number of aryl methyl sites for hydroxylation is 1. The van der Waals surface area contributed by atoms with Crippen LogP contribution in [0.4, 0.5) is 0 Å². The van der Waals surface area contributed by atoms with Gasteiger partial charge in [0.2, 0.25) is 5.91 Å². The van der Waals surface area contributed by atoms with Gasteiger partial charge in [0.1, 0.15) is 0 Å². The van der Waals surface area contributed by atoms with Crippen molar-refractivity contribution in [3.63, 3.8) is 0 Å². The van der Waals surface area contributed by atoms with E-state index in [9.17, 15) is 4.79 Å². The molecule has 34 heavy (non-hydrogen) atoms. The molecule has 3 aromatic rings. The van der Waals surface area contributed by atoms with Crippen LogP contribution in [-0.4, -0.2) is 64.5 Å². The lowest BCUT2D eigenvalue weighted by molar-refractivity contribution is -0.140. The molecule has 5 rings (SSSR count). The van der Waals surface area contributed by atoms with Crippen molar-refractivity contribution in [3.05, 3.63) is 58.9 Å². The number of amides is 1. The number of fused-ring (bicyclic) bond motifs is 1. The number of imidazole rings is 1. The lowest BCUT2D eigenvalue weighted by Crippen LogP contribution is -2.49. The van der Waals surface area contributed by atoms with Crippen molar-refractivity contribution in [2.45, 2.75) is 51.6 Å². The van der Waals surface area contributed by atoms with Crippen molar-refractivity contribution in [3.8, 4) is 0 Å². The first kappa shape index (κ1) is 23.5. The summed E-state index contributed by atoms with van der Waals surface area (Å²) in [6.07, 6.45) is 6.99. The molecular weight excluding hydrogens is 444 g/mol. The molecule has 1 unspecified atom stereocenters. The lowest BCUT2D eigenvalue weighted by atomic mass is 9.84. The molecule has 2 fully saturated rings. The van der Waals surface area contributed by atoms with E-state index in [0.29, 0.717) is 25.0 Å². The van der Waals surface area contributed by atoms with Crippen molar-refractivity contribution in [2.24, 2.45) is 11.8 Å². The summed E-state index contributed by atoms with van der Waals surface area (Å²) in [7, 11) is 2.04. The zero-order valence-electron chi connectivity index (χ0n) is 20.4. The number of hydrogen-bond acceptors (Lipinski definition) is 5. The van der Waals surface area contributed by atoms with Gasteiger partial charge in [0, 0.05) is 50.3 Å². The molecule has 7 heteroatoms. The minimum atomic E-state index is 0.106. The Morgan fingerprint density at radius 1 is 1.18 bits per heavy atom. The first-order valence-electron chi connectivity index (χ1n) is 12.6. The lowest BCUT2D eigenvalue weighted by Gasteiger charge is -2.41. The highest BCUT2D eigenvalue weighted by Gasteiger charge is 2.34. The zero-order valence-corrected chi connectivity index (χ0v) is 21.2. The second-order valence-corrected chi connectivity index (χ2v) is 10.8. The molecule has 6 nitrogen and oxygen atoms in total.